The van der Waals surface area contributed by atoms with Gasteiger partial charge in [-0.3, -0.25) is 4.79 Å². The molecule has 1 saturated heterocycles. The molecule has 2 N–H and O–H groups in total. The molecule has 122 valence electrons. The van der Waals surface area contributed by atoms with Crippen molar-refractivity contribution in [2.75, 3.05) is 6.54 Å². The van der Waals surface area contributed by atoms with Gasteiger partial charge in [-0.15, -0.1) is 11.3 Å². The van der Waals surface area contributed by atoms with Gasteiger partial charge in [0.2, 0.25) is 5.91 Å². The van der Waals surface area contributed by atoms with E-state index in [0.717, 1.165) is 42.8 Å². The average Bonchev–Trinajstić information content (AvgIpc) is 3.01. The Labute approximate surface area is 140 Å². The lowest BCUT2D eigenvalue weighted by Gasteiger charge is -2.15. The van der Waals surface area contributed by atoms with Crippen LogP contribution in [0, 0.1) is 0 Å². The molecule has 0 bridgehead atoms. The van der Waals surface area contributed by atoms with E-state index in [1.807, 2.05) is 29.6 Å². The molecule has 3 rings (SSSR count). The molecule has 0 radical (unpaired) electrons. The number of amides is 1. The Hall–Kier alpha value is -1.92. The minimum Gasteiger partial charge on any atom is -0.487 e. The van der Waals surface area contributed by atoms with Gasteiger partial charge in [0.25, 0.3) is 0 Å². The molecule has 1 aromatic carbocycles. The Morgan fingerprint density at radius 2 is 2.17 bits per heavy atom. The molecule has 6 heteroatoms. The van der Waals surface area contributed by atoms with E-state index >= 15 is 0 Å². The number of carbonyl (C=O) groups is 1. The van der Waals surface area contributed by atoms with Gasteiger partial charge in [0.15, 0.2) is 0 Å². The van der Waals surface area contributed by atoms with Gasteiger partial charge in [0.05, 0.1) is 17.2 Å². The van der Waals surface area contributed by atoms with Gasteiger partial charge < -0.3 is 15.4 Å². The van der Waals surface area contributed by atoms with Crippen molar-refractivity contribution in [3.8, 4) is 5.75 Å². The van der Waals surface area contributed by atoms with Crippen molar-refractivity contribution in [1.82, 2.24) is 15.6 Å². The highest BCUT2D eigenvalue weighted by molar-refractivity contribution is 7.07. The quantitative estimate of drug-likeness (QED) is 0.854. The van der Waals surface area contributed by atoms with E-state index in [2.05, 4.69) is 15.6 Å². The fraction of sp³-hybridized carbons (Fsp3) is 0.412. The van der Waals surface area contributed by atoms with Crippen molar-refractivity contribution >= 4 is 17.2 Å². The summed E-state index contributed by atoms with van der Waals surface area (Å²) in [5.41, 5.74) is 3.89. The van der Waals surface area contributed by atoms with Gasteiger partial charge >= 0.3 is 0 Å². The van der Waals surface area contributed by atoms with Gasteiger partial charge in [-0.2, -0.15) is 0 Å². The van der Waals surface area contributed by atoms with Gasteiger partial charge in [-0.05, 0) is 37.0 Å². The van der Waals surface area contributed by atoms with Crippen LogP contribution in [0.4, 0.5) is 0 Å². The van der Waals surface area contributed by atoms with Crippen molar-refractivity contribution < 1.29 is 9.53 Å². The highest BCUT2D eigenvalue weighted by Gasteiger charge is 2.19. The number of aromatic nitrogens is 1. The largest absolute Gasteiger partial charge is 0.487 e. The predicted molar refractivity (Wildman–Crippen MR) is 90.4 cm³/mol. The third kappa shape index (κ3) is 4.77. The van der Waals surface area contributed by atoms with Crippen LogP contribution in [0.5, 0.6) is 5.75 Å². The summed E-state index contributed by atoms with van der Waals surface area (Å²) in [6.07, 6.45) is 3.05. The van der Waals surface area contributed by atoms with Crippen LogP contribution in [0.15, 0.2) is 35.2 Å². The second-order valence-corrected chi connectivity index (χ2v) is 6.35. The summed E-state index contributed by atoms with van der Waals surface area (Å²) >= 11 is 1.57. The molecule has 1 aliphatic heterocycles. The molecule has 1 unspecified atom stereocenters. The maximum absolute atomic E-state index is 11.9. The molecule has 5 nitrogen and oxygen atoms in total. The molecule has 1 aromatic heterocycles. The Morgan fingerprint density at radius 3 is 2.96 bits per heavy atom. The Morgan fingerprint density at radius 1 is 1.30 bits per heavy atom. The minimum atomic E-state index is -0.0851. The molecule has 23 heavy (non-hydrogen) atoms. The van der Waals surface area contributed by atoms with Gasteiger partial charge in [-0.1, -0.05) is 12.1 Å². The van der Waals surface area contributed by atoms with Gasteiger partial charge in [0, 0.05) is 18.5 Å². The summed E-state index contributed by atoms with van der Waals surface area (Å²) < 4.78 is 5.69. The number of ether oxygens (including phenoxy) is 1. The molecule has 0 aliphatic carbocycles. The van der Waals surface area contributed by atoms with E-state index in [9.17, 15) is 4.79 Å². The average molecular weight is 331 g/mol. The molecule has 1 fully saturated rings. The van der Waals surface area contributed by atoms with Gasteiger partial charge in [-0.25, -0.2) is 4.98 Å². The third-order valence-electron chi connectivity index (χ3n) is 3.88. The summed E-state index contributed by atoms with van der Waals surface area (Å²) in [4.78, 5) is 16.1. The number of nitrogens with zero attached hydrogens (tertiary/aromatic N) is 1. The van der Waals surface area contributed by atoms with Crippen LogP contribution in [0.1, 0.15) is 30.5 Å². The minimum absolute atomic E-state index is 0.0851. The van der Waals surface area contributed by atoms with Crippen LogP contribution < -0.4 is 15.4 Å². The normalized spacial score (nSPS) is 18.3. The van der Waals surface area contributed by atoms with E-state index < -0.39 is 0 Å². The smallest absolute Gasteiger partial charge is 0.237 e. The lowest BCUT2D eigenvalue weighted by Crippen LogP contribution is -2.42. The molecule has 0 saturated carbocycles. The highest BCUT2D eigenvalue weighted by atomic mass is 32.1. The van der Waals surface area contributed by atoms with Crippen LogP contribution in [0.3, 0.4) is 0 Å². The fourth-order valence-electron chi connectivity index (χ4n) is 2.54. The first kappa shape index (κ1) is 16.0. The summed E-state index contributed by atoms with van der Waals surface area (Å²) in [6.45, 7) is 1.97. The first-order valence-corrected chi connectivity index (χ1v) is 8.85. The van der Waals surface area contributed by atoms with E-state index in [-0.39, 0.29) is 11.9 Å². The number of benzene rings is 1. The topological polar surface area (TPSA) is 63.2 Å². The zero-order valence-electron chi connectivity index (χ0n) is 13.0. The highest BCUT2D eigenvalue weighted by Crippen LogP contribution is 2.15. The van der Waals surface area contributed by atoms with E-state index in [1.54, 1.807) is 16.8 Å². The standard InChI is InChI=1S/C17H21N3O2S/c21-17-16(3-1-2-8-18-17)19-9-13-4-6-15(7-5-13)22-10-14-11-23-12-20-14/h4-7,11-12,16,19H,1-3,8-10H2,(H,18,21). The first-order valence-electron chi connectivity index (χ1n) is 7.91. The van der Waals surface area contributed by atoms with Crippen molar-refractivity contribution in [3.63, 3.8) is 0 Å². The maximum Gasteiger partial charge on any atom is 0.237 e. The molecular weight excluding hydrogens is 310 g/mol. The first-order chi connectivity index (χ1) is 11.3. The van der Waals surface area contributed by atoms with Crippen LogP contribution in [0.25, 0.3) is 0 Å². The van der Waals surface area contributed by atoms with Crippen LogP contribution in [0.2, 0.25) is 0 Å². The summed E-state index contributed by atoms with van der Waals surface area (Å²) in [7, 11) is 0. The molecule has 1 aliphatic rings. The Balaban J connectivity index is 1.48. The zero-order chi connectivity index (χ0) is 15.9. The third-order valence-corrected chi connectivity index (χ3v) is 4.52. The number of hydrogen-bond acceptors (Lipinski definition) is 5. The Bertz CT molecular complexity index is 613. The predicted octanol–water partition coefficient (Wildman–Crippen LogP) is 2.48. The van der Waals surface area contributed by atoms with E-state index in [0.29, 0.717) is 13.2 Å². The molecule has 2 aromatic rings. The van der Waals surface area contributed by atoms with E-state index in [1.165, 1.54) is 0 Å². The SMILES string of the molecule is O=C1NCCCCC1NCc1ccc(OCc2cscn2)cc1. The van der Waals surface area contributed by atoms with Crippen molar-refractivity contribution in [2.24, 2.45) is 0 Å². The number of carbonyl (C=O) groups excluding carboxylic acids is 1. The summed E-state index contributed by atoms with van der Waals surface area (Å²) in [5.74, 6) is 0.944. The zero-order valence-corrected chi connectivity index (χ0v) is 13.8. The fourth-order valence-corrected chi connectivity index (χ4v) is 3.09. The maximum atomic E-state index is 11.9. The van der Waals surface area contributed by atoms with Crippen molar-refractivity contribution in [3.05, 3.63) is 46.4 Å². The van der Waals surface area contributed by atoms with Crippen LogP contribution in [-0.2, 0) is 17.9 Å². The summed E-state index contributed by atoms with van der Waals surface area (Å²) in [6, 6.07) is 7.88. The second-order valence-electron chi connectivity index (χ2n) is 5.63. The monoisotopic (exact) mass is 331 g/mol. The Kier molecular flexibility index (Phi) is 5.60. The number of rotatable bonds is 6. The number of nitrogens with one attached hydrogen (secondary N) is 2. The van der Waals surface area contributed by atoms with E-state index in [4.69, 9.17) is 4.74 Å². The second kappa shape index (κ2) is 8.08. The van der Waals surface area contributed by atoms with Crippen molar-refractivity contribution in [2.45, 2.75) is 38.5 Å². The van der Waals surface area contributed by atoms with Gasteiger partial charge in [0.1, 0.15) is 12.4 Å². The molecule has 1 amide bonds. The molecular formula is C17H21N3O2S. The lowest BCUT2D eigenvalue weighted by atomic mass is 10.1. The lowest BCUT2D eigenvalue weighted by molar-refractivity contribution is -0.122. The number of thiazole rings is 1. The molecule has 1 atom stereocenters. The van der Waals surface area contributed by atoms with Crippen LogP contribution >= 0.6 is 11.3 Å². The number of hydrogen-bond donors (Lipinski definition) is 2. The van der Waals surface area contributed by atoms with Crippen LogP contribution in [-0.4, -0.2) is 23.5 Å². The van der Waals surface area contributed by atoms with Crippen molar-refractivity contribution in [1.29, 1.82) is 0 Å². The molecule has 0 spiro atoms. The summed E-state index contributed by atoms with van der Waals surface area (Å²) in [5, 5.41) is 8.27. The molecule has 2 heterocycles.